The van der Waals surface area contributed by atoms with Crippen molar-refractivity contribution in [1.82, 2.24) is 9.97 Å². The third kappa shape index (κ3) is 5.58. The van der Waals surface area contributed by atoms with Gasteiger partial charge in [-0.3, -0.25) is 9.59 Å². The Hall–Kier alpha value is -3.94. The number of pyridine rings is 2. The summed E-state index contributed by atoms with van der Waals surface area (Å²) in [6.45, 7) is 3.65. The highest BCUT2D eigenvalue weighted by atomic mass is 16.2. The molecule has 0 atom stereocenters. The number of hydrogen-bond donors (Lipinski definition) is 1. The lowest BCUT2D eigenvalue weighted by atomic mass is 10.1. The van der Waals surface area contributed by atoms with E-state index >= 15 is 0 Å². The van der Waals surface area contributed by atoms with Crippen molar-refractivity contribution in [1.29, 1.82) is 0 Å². The summed E-state index contributed by atoms with van der Waals surface area (Å²) in [7, 11) is 1.76. The molecule has 2 fully saturated rings. The van der Waals surface area contributed by atoms with Crippen LogP contribution < -0.4 is 20.0 Å². The largest absolute Gasteiger partial charge is 0.356 e. The van der Waals surface area contributed by atoms with Crippen molar-refractivity contribution in [3.05, 3.63) is 72.1 Å². The summed E-state index contributed by atoms with van der Waals surface area (Å²) in [5.41, 5.74) is 2.46. The van der Waals surface area contributed by atoms with Gasteiger partial charge in [0.2, 0.25) is 0 Å². The summed E-state index contributed by atoms with van der Waals surface area (Å²) in [6, 6.07) is 14.6. The van der Waals surface area contributed by atoms with E-state index in [1.807, 2.05) is 36.4 Å². The summed E-state index contributed by atoms with van der Waals surface area (Å²) in [5, 5.41) is 3.01. The van der Waals surface area contributed by atoms with Gasteiger partial charge in [0, 0.05) is 57.0 Å². The molecule has 2 amide bonds. The summed E-state index contributed by atoms with van der Waals surface area (Å²) >= 11 is 0. The molecule has 192 valence electrons. The Labute approximate surface area is 218 Å². The lowest BCUT2D eigenvalue weighted by Crippen LogP contribution is -2.34. The molecule has 2 aliphatic heterocycles. The van der Waals surface area contributed by atoms with Crippen LogP contribution in [0.25, 0.3) is 0 Å². The van der Waals surface area contributed by atoms with E-state index in [0.717, 1.165) is 63.5 Å². The Morgan fingerprint density at radius 1 is 0.757 bits per heavy atom. The number of benzene rings is 1. The van der Waals surface area contributed by atoms with Gasteiger partial charge in [-0.05, 0) is 81.0 Å². The molecule has 37 heavy (non-hydrogen) atoms. The number of amides is 2. The van der Waals surface area contributed by atoms with E-state index in [0.29, 0.717) is 22.5 Å². The molecule has 1 aromatic carbocycles. The number of anilines is 4. The molecular weight excluding hydrogens is 464 g/mol. The second kappa shape index (κ2) is 11.4. The Bertz CT molecular complexity index is 1250. The van der Waals surface area contributed by atoms with Crippen LogP contribution in [0, 0.1) is 0 Å². The van der Waals surface area contributed by atoms with Gasteiger partial charge in [0.25, 0.3) is 11.8 Å². The molecule has 0 unspecified atom stereocenters. The second-order valence-electron chi connectivity index (χ2n) is 9.71. The number of nitrogens with one attached hydrogen (secondary N) is 1. The van der Waals surface area contributed by atoms with E-state index in [1.165, 1.54) is 12.8 Å². The first-order chi connectivity index (χ1) is 18.1. The summed E-state index contributed by atoms with van der Waals surface area (Å²) < 4.78 is 0. The lowest BCUT2D eigenvalue weighted by molar-refractivity contribution is 0.0991. The smallest absolute Gasteiger partial charge is 0.261 e. The fourth-order valence-electron chi connectivity index (χ4n) is 5.14. The Kier molecular flexibility index (Phi) is 7.63. The third-order valence-corrected chi connectivity index (χ3v) is 7.16. The molecule has 2 aromatic heterocycles. The summed E-state index contributed by atoms with van der Waals surface area (Å²) in [5.74, 6) is 1.13. The molecule has 0 saturated carbocycles. The molecule has 0 aliphatic carbocycles. The topological polar surface area (TPSA) is 81.7 Å². The lowest BCUT2D eigenvalue weighted by Gasteiger charge is -2.30. The van der Waals surface area contributed by atoms with Crippen LogP contribution in [-0.4, -0.2) is 55.0 Å². The maximum atomic E-state index is 13.5. The van der Waals surface area contributed by atoms with E-state index in [2.05, 4.69) is 25.1 Å². The van der Waals surface area contributed by atoms with Gasteiger partial charge < -0.3 is 20.0 Å². The van der Waals surface area contributed by atoms with Gasteiger partial charge in [-0.2, -0.15) is 0 Å². The molecule has 0 spiro atoms. The van der Waals surface area contributed by atoms with Gasteiger partial charge in [-0.15, -0.1) is 0 Å². The molecule has 2 aliphatic rings. The summed E-state index contributed by atoms with van der Waals surface area (Å²) in [6.07, 6.45) is 10.3. The molecule has 8 heteroatoms. The van der Waals surface area contributed by atoms with E-state index < -0.39 is 0 Å². The Balaban J connectivity index is 1.33. The van der Waals surface area contributed by atoms with Crippen LogP contribution >= 0.6 is 0 Å². The number of hydrogen-bond acceptors (Lipinski definition) is 6. The summed E-state index contributed by atoms with van der Waals surface area (Å²) in [4.78, 5) is 41.9. The van der Waals surface area contributed by atoms with Crippen LogP contribution in [0.1, 0.15) is 59.2 Å². The van der Waals surface area contributed by atoms with Crippen molar-refractivity contribution >= 4 is 34.8 Å². The number of carbonyl (C=O) groups is 2. The Morgan fingerprint density at radius 2 is 1.32 bits per heavy atom. The minimum atomic E-state index is -0.209. The molecule has 5 rings (SSSR count). The van der Waals surface area contributed by atoms with Gasteiger partial charge in [-0.25, -0.2) is 9.97 Å². The van der Waals surface area contributed by atoms with E-state index in [1.54, 1.807) is 36.5 Å². The first-order valence-electron chi connectivity index (χ1n) is 13.2. The highest BCUT2D eigenvalue weighted by Gasteiger charge is 2.23. The molecule has 0 radical (unpaired) electrons. The number of nitrogens with zero attached hydrogens (tertiary/aromatic N) is 5. The standard InChI is InChI=1S/C29H34N6O2/c1-33(29(37)25-14-10-16-31-27(25)35-19-6-3-7-20-35)23-12-8-11-22(21-23)32-28(36)24-13-9-15-30-26(24)34-17-4-2-5-18-34/h8-16,21H,2-7,17-20H2,1H3,(H,32,36). The first-order valence-corrected chi connectivity index (χ1v) is 13.2. The van der Waals surface area contributed by atoms with Crippen molar-refractivity contribution in [2.45, 2.75) is 38.5 Å². The van der Waals surface area contributed by atoms with Gasteiger partial charge in [-0.1, -0.05) is 6.07 Å². The zero-order valence-corrected chi connectivity index (χ0v) is 21.4. The first kappa shape index (κ1) is 24.7. The number of piperidine rings is 2. The van der Waals surface area contributed by atoms with Gasteiger partial charge >= 0.3 is 0 Å². The van der Waals surface area contributed by atoms with Crippen LogP contribution in [0.15, 0.2) is 60.9 Å². The maximum Gasteiger partial charge on any atom is 0.261 e. The van der Waals surface area contributed by atoms with E-state index in [-0.39, 0.29) is 11.8 Å². The third-order valence-electron chi connectivity index (χ3n) is 7.16. The molecule has 2 saturated heterocycles. The second-order valence-corrected chi connectivity index (χ2v) is 9.71. The van der Waals surface area contributed by atoms with E-state index in [4.69, 9.17) is 0 Å². The van der Waals surface area contributed by atoms with Crippen molar-refractivity contribution in [2.75, 3.05) is 53.2 Å². The number of rotatable bonds is 6. The number of carbonyl (C=O) groups excluding carboxylic acids is 2. The minimum absolute atomic E-state index is 0.128. The van der Waals surface area contributed by atoms with Gasteiger partial charge in [0.15, 0.2) is 0 Å². The SMILES string of the molecule is CN(C(=O)c1cccnc1N1CCCCC1)c1cccc(NC(=O)c2cccnc2N2CCCCC2)c1. The predicted octanol–water partition coefficient (Wildman–Crippen LogP) is 4.99. The molecule has 1 N–H and O–H groups in total. The highest BCUT2D eigenvalue weighted by Crippen LogP contribution is 2.27. The predicted molar refractivity (Wildman–Crippen MR) is 148 cm³/mol. The van der Waals surface area contributed by atoms with E-state index in [9.17, 15) is 9.59 Å². The van der Waals surface area contributed by atoms with Crippen molar-refractivity contribution in [2.24, 2.45) is 0 Å². The van der Waals surface area contributed by atoms with Crippen molar-refractivity contribution in [3.63, 3.8) is 0 Å². The zero-order valence-electron chi connectivity index (χ0n) is 21.4. The van der Waals surface area contributed by atoms with Crippen LogP contribution in [0.2, 0.25) is 0 Å². The van der Waals surface area contributed by atoms with Gasteiger partial charge in [0.05, 0.1) is 11.1 Å². The highest BCUT2D eigenvalue weighted by molar-refractivity contribution is 6.10. The van der Waals surface area contributed by atoms with Crippen molar-refractivity contribution in [3.8, 4) is 0 Å². The molecule has 0 bridgehead atoms. The van der Waals surface area contributed by atoms with Crippen LogP contribution in [0.4, 0.5) is 23.0 Å². The van der Waals surface area contributed by atoms with Crippen LogP contribution in [-0.2, 0) is 0 Å². The fourth-order valence-corrected chi connectivity index (χ4v) is 5.14. The van der Waals surface area contributed by atoms with Gasteiger partial charge in [0.1, 0.15) is 11.6 Å². The van der Waals surface area contributed by atoms with Crippen LogP contribution in [0.5, 0.6) is 0 Å². The maximum absolute atomic E-state index is 13.5. The van der Waals surface area contributed by atoms with Crippen molar-refractivity contribution < 1.29 is 9.59 Å². The fraction of sp³-hybridized carbons (Fsp3) is 0.379. The molecular formula is C29H34N6O2. The molecule has 8 nitrogen and oxygen atoms in total. The molecule has 3 aromatic rings. The zero-order chi connectivity index (χ0) is 25.6. The van der Waals surface area contributed by atoms with Crippen LogP contribution in [0.3, 0.4) is 0 Å². The number of aromatic nitrogens is 2. The average molecular weight is 499 g/mol. The minimum Gasteiger partial charge on any atom is -0.356 e. The molecule has 4 heterocycles. The Morgan fingerprint density at radius 3 is 1.95 bits per heavy atom. The monoisotopic (exact) mass is 498 g/mol. The quantitative estimate of drug-likeness (QED) is 0.516. The normalized spacial score (nSPS) is 15.8. The average Bonchev–Trinajstić information content (AvgIpc) is 2.97.